The van der Waals surface area contributed by atoms with Gasteiger partial charge in [0.05, 0.1) is 12.4 Å². The van der Waals surface area contributed by atoms with Crippen LogP contribution in [0.2, 0.25) is 5.02 Å². The lowest BCUT2D eigenvalue weighted by molar-refractivity contribution is 0.466. The number of hydrogen-bond donors (Lipinski definition) is 4. The summed E-state index contributed by atoms with van der Waals surface area (Å²) < 4.78 is 2.10. The van der Waals surface area contributed by atoms with Crippen LogP contribution in [0.25, 0.3) is 21.5 Å². The number of nitrogens with one attached hydrogen (secondary N) is 4. The third-order valence-electron chi connectivity index (χ3n) is 9.58. The highest BCUT2D eigenvalue weighted by Crippen LogP contribution is 2.30. The third-order valence-corrected chi connectivity index (χ3v) is 11.2. The van der Waals surface area contributed by atoms with Crippen molar-refractivity contribution in [3.63, 3.8) is 0 Å². The van der Waals surface area contributed by atoms with E-state index < -0.39 is 0 Å². The summed E-state index contributed by atoms with van der Waals surface area (Å²) in [6.45, 7) is 3.66. The highest BCUT2D eigenvalue weighted by Gasteiger charge is 2.24. The van der Waals surface area contributed by atoms with Crippen LogP contribution in [0, 0.1) is 0 Å². The molecule has 0 spiro atoms. The standard InChI is InChI=1S/C20H19BrClN5S.C20H20BrN5S/c21-14-4-5-18-13(10-14)12-23-26-19(18)27-8-6-16(7-9-27)24-20(28)25-17-3-1-2-15(22)11-17;21-15-6-7-18-14(12-15)13-22-25-19(18)26-10-8-17(9-11-26)24-20(27)23-16-4-2-1-3-5-16/h1-5,10-12,16H,6-9H2,(H2,24,25,28);1-7,12-13,17H,8-11H2,(H2,23,24,27). The van der Waals surface area contributed by atoms with Crippen LogP contribution in [0.3, 0.4) is 0 Å². The summed E-state index contributed by atoms with van der Waals surface area (Å²) in [6, 6.07) is 30.7. The number of anilines is 4. The van der Waals surface area contributed by atoms with Crippen molar-refractivity contribution in [3.8, 4) is 0 Å². The molecule has 282 valence electrons. The fraction of sp³-hybridized carbons (Fsp3) is 0.250. The first-order valence-electron chi connectivity index (χ1n) is 18.0. The van der Waals surface area contributed by atoms with Crippen molar-refractivity contribution in [2.24, 2.45) is 0 Å². The lowest BCUT2D eigenvalue weighted by Crippen LogP contribution is -2.46. The maximum atomic E-state index is 6.02. The van der Waals surface area contributed by atoms with Crippen LogP contribution < -0.4 is 31.1 Å². The predicted molar refractivity (Wildman–Crippen MR) is 242 cm³/mol. The van der Waals surface area contributed by atoms with Crippen molar-refractivity contribution in [1.82, 2.24) is 31.0 Å². The minimum absolute atomic E-state index is 0.326. The topological polar surface area (TPSA) is 106 Å². The lowest BCUT2D eigenvalue weighted by atomic mass is 10.0. The molecule has 2 saturated heterocycles. The van der Waals surface area contributed by atoms with Gasteiger partial charge in [-0.1, -0.05) is 67.7 Å². The van der Waals surface area contributed by atoms with Crippen molar-refractivity contribution >= 4 is 123 Å². The SMILES string of the molecule is S=C(Nc1cccc(Cl)c1)NC1CCN(c2nncc3cc(Br)ccc23)CC1.S=C(Nc1ccccc1)NC1CCN(c2nncc3cc(Br)ccc23)CC1. The van der Waals surface area contributed by atoms with E-state index >= 15 is 0 Å². The van der Waals surface area contributed by atoms with E-state index in [2.05, 4.69) is 114 Å². The first-order valence-corrected chi connectivity index (χ1v) is 20.8. The van der Waals surface area contributed by atoms with Gasteiger partial charge >= 0.3 is 0 Å². The minimum Gasteiger partial charge on any atom is -0.360 e. The Bertz CT molecular complexity index is 2270. The number of para-hydroxylation sites is 1. The molecule has 0 amide bonds. The molecule has 8 rings (SSSR count). The smallest absolute Gasteiger partial charge is 0.170 e. The molecule has 0 saturated carbocycles. The molecule has 6 aromatic rings. The molecule has 0 unspecified atom stereocenters. The molecule has 0 bridgehead atoms. The van der Waals surface area contributed by atoms with Crippen LogP contribution in [-0.2, 0) is 0 Å². The number of benzene rings is 4. The maximum absolute atomic E-state index is 6.02. The molecular formula is C40H39Br2ClN10S2. The summed E-state index contributed by atoms with van der Waals surface area (Å²) in [5, 5.41) is 36.9. The Morgan fingerprint density at radius 2 is 1.07 bits per heavy atom. The first-order chi connectivity index (χ1) is 26.8. The summed E-state index contributed by atoms with van der Waals surface area (Å²) in [5.41, 5.74) is 1.89. The van der Waals surface area contributed by atoms with E-state index in [1.807, 2.05) is 66.9 Å². The molecule has 10 nitrogen and oxygen atoms in total. The molecule has 2 fully saturated rings. The van der Waals surface area contributed by atoms with Crippen LogP contribution in [-0.4, -0.2) is 68.9 Å². The van der Waals surface area contributed by atoms with Gasteiger partial charge in [0.15, 0.2) is 21.9 Å². The van der Waals surface area contributed by atoms with Gasteiger partial charge in [0, 0.05) is 85.2 Å². The third kappa shape index (κ3) is 10.6. The van der Waals surface area contributed by atoms with E-state index in [1.54, 1.807) is 6.20 Å². The number of rotatable bonds is 6. The average molecular weight is 919 g/mol. The summed E-state index contributed by atoms with van der Waals surface area (Å²) in [5.74, 6) is 1.91. The quantitative estimate of drug-likeness (QED) is 0.120. The second-order valence-electron chi connectivity index (χ2n) is 13.4. The number of nitrogens with zero attached hydrogens (tertiary/aromatic N) is 6. The number of aromatic nitrogens is 4. The summed E-state index contributed by atoms with van der Waals surface area (Å²) in [4.78, 5) is 4.62. The van der Waals surface area contributed by atoms with Crippen molar-refractivity contribution in [3.05, 3.63) is 117 Å². The second-order valence-corrected chi connectivity index (χ2v) is 16.5. The van der Waals surface area contributed by atoms with E-state index in [1.165, 1.54) is 0 Å². The molecule has 0 aliphatic carbocycles. The van der Waals surface area contributed by atoms with Gasteiger partial charge in [-0.2, -0.15) is 10.2 Å². The van der Waals surface area contributed by atoms with Gasteiger partial charge in [0.2, 0.25) is 0 Å². The Labute approximate surface area is 353 Å². The summed E-state index contributed by atoms with van der Waals surface area (Å²) in [6.07, 6.45) is 7.58. The van der Waals surface area contributed by atoms with Crippen molar-refractivity contribution in [1.29, 1.82) is 0 Å². The van der Waals surface area contributed by atoms with Gasteiger partial charge in [-0.05, 0) is 117 Å². The Hall–Kier alpha value is -4.21. The molecular weight excluding hydrogens is 880 g/mol. The number of piperidine rings is 2. The van der Waals surface area contributed by atoms with Gasteiger partial charge in [-0.3, -0.25) is 0 Å². The molecule has 4 N–H and O–H groups in total. The van der Waals surface area contributed by atoms with Gasteiger partial charge in [-0.15, -0.1) is 10.2 Å². The normalized spacial score (nSPS) is 14.9. The fourth-order valence-corrected chi connectivity index (χ4v) is 8.34. The highest BCUT2D eigenvalue weighted by atomic mass is 79.9. The molecule has 0 radical (unpaired) electrons. The zero-order chi connectivity index (χ0) is 38.1. The minimum atomic E-state index is 0.326. The van der Waals surface area contributed by atoms with Gasteiger partial charge in [0.25, 0.3) is 0 Å². The number of halogens is 3. The first kappa shape index (κ1) is 39.0. The van der Waals surface area contributed by atoms with Crippen LogP contribution in [0.5, 0.6) is 0 Å². The Morgan fingerprint density at radius 1 is 0.600 bits per heavy atom. The largest absolute Gasteiger partial charge is 0.360 e. The number of fused-ring (bicyclic) bond motifs is 2. The monoisotopic (exact) mass is 916 g/mol. The predicted octanol–water partition coefficient (Wildman–Crippen LogP) is 9.35. The Balaban J connectivity index is 0.000000169. The molecule has 15 heteroatoms. The van der Waals surface area contributed by atoms with Crippen molar-refractivity contribution < 1.29 is 0 Å². The second kappa shape index (κ2) is 18.6. The van der Waals surface area contributed by atoms with E-state index in [0.717, 1.165) is 105 Å². The molecule has 2 aromatic heterocycles. The van der Waals surface area contributed by atoms with Gasteiger partial charge in [-0.25, -0.2) is 0 Å². The highest BCUT2D eigenvalue weighted by molar-refractivity contribution is 9.10. The van der Waals surface area contributed by atoms with Crippen LogP contribution in [0.4, 0.5) is 23.0 Å². The molecule has 4 aromatic carbocycles. The number of thiocarbonyl (C=S) groups is 2. The van der Waals surface area contributed by atoms with Crippen LogP contribution in [0.15, 0.2) is 112 Å². The van der Waals surface area contributed by atoms with Crippen LogP contribution in [0.1, 0.15) is 25.7 Å². The number of hydrogen-bond acceptors (Lipinski definition) is 8. The molecule has 4 heterocycles. The average Bonchev–Trinajstić information content (AvgIpc) is 3.18. The molecule has 55 heavy (non-hydrogen) atoms. The summed E-state index contributed by atoms with van der Waals surface area (Å²) in [7, 11) is 0. The van der Waals surface area contributed by atoms with Gasteiger partial charge < -0.3 is 31.1 Å². The Kier molecular flexibility index (Phi) is 13.2. The zero-order valence-corrected chi connectivity index (χ0v) is 35.3. The molecule has 0 atom stereocenters. The molecule has 2 aliphatic heterocycles. The van der Waals surface area contributed by atoms with Crippen molar-refractivity contribution in [2.45, 2.75) is 37.8 Å². The van der Waals surface area contributed by atoms with E-state index in [0.29, 0.717) is 27.3 Å². The molecule has 2 aliphatic rings. The lowest BCUT2D eigenvalue weighted by Gasteiger charge is -2.34. The van der Waals surface area contributed by atoms with E-state index in [-0.39, 0.29) is 0 Å². The van der Waals surface area contributed by atoms with Gasteiger partial charge in [0.1, 0.15) is 0 Å². The van der Waals surface area contributed by atoms with E-state index in [9.17, 15) is 0 Å². The van der Waals surface area contributed by atoms with E-state index in [4.69, 9.17) is 36.0 Å². The Morgan fingerprint density at radius 3 is 1.56 bits per heavy atom. The maximum Gasteiger partial charge on any atom is 0.170 e. The zero-order valence-electron chi connectivity index (χ0n) is 29.8. The van der Waals surface area contributed by atoms with Crippen molar-refractivity contribution in [2.75, 3.05) is 46.6 Å². The van der Waals surface area contributed by atoms with Crippen LogP contribution >= 0.6 is 67.9 Å². The fourth-order valence-electron chi connectivity index (χ4n) is 6.82. The summed E-state index contributed by atoms with van der Waals surface area (Å²) >= 11 is 24.0.